The van der Waals surface area contributed by atoms with Gasteiger partial charge in [-0.3, -0.25) is 9.59 Å². The highest BCUT2D eigenvalue weighted by Gasteiger charge is 2.25. The van der Waals surface area contributed by atoms with Gasteiger partial charge in [0.25, 0.3) is 5.91 Å². The molecule has 1 aromatic heterocycles. The zero-order valence-electron chi connectivity index (χ0n) is 19.0. The van der Waals surface area contributed by atoms with Crippen molar-refractivity contribution in [3.8, 4) is 5.75 Å². The Morgan fingerprint density at radius 1 is 1.06 bits per heavy atom. The molecule has 2 amide bonds. The Bertz CT molecular complexity index is 866. The van der Waals surface area contributed by atoms with E-state index < -0.39 is 18.6 Å². The molecule has 0 unspecified atom stereocenters. The van der Waals surface area contributed by atoms with Crippen molar-refractivity contribution in [2.75, 3.05) is 13.7 Å². The Morgan fingerprint density at radius 3 is 2.28 bits per heavy atom. The maximum Gasteiger partial charge on any atom is 0.287 e. The zero-order chi connectivity index (χ0) is 22.8. The van der Waals surface area contributed by atoms with Crippen molar-refractivity contribution in [3.05, 3.63) is 30.0 Å². The van der Waals surface area contributed by atoms with Gasteiger partial charge in [-0.15, -0.1) is 0 Å². The molecule has 0 saturated heterocycles. The first-order valence-electron chi connectivity index (χ1n) is 11.9. The van der Waals surface area contributed by atoms with Crippen LogP contribution in [0.3, 0.4) is 0 Å². The molecule has 0 spiro atoms. The van der Waals surface area contributed by atoms with Crippen molar-refractivity contribution >= 4 is 22.8 Å². The summed E-state index contributed by atoms with van der Waals surface area (Å²) in [6.07, 6.45) is 12.8. The van der Waals surface area contributed by atoms with E-state index in [0.29, 0.717) is 11.3 Å². The third-order valence-electron chi connectivity index (χ3n) is 6.21. The Hall–Kier alpha value is -2.54. The standard InChI is InChI=1S/C25H36N2O5/c1-31-21-15-11-12-18-16-22(32-23(18)21)25(30)27-20(17-28)24(29)26-19-13-9-7-5-3-2-4-6-8-10-14-19/h11-12,15-16,19-20,28H,2-10,13-14,17H2,1H3,(H,26,29)(H,27,30)/t20-/m0/s1. The van der Waals surface area contributed by atoms with Gasteiger partial charge in [0, 0.05) is 11.4 Å². The van der Waals surface area contributed by atoms with Crippen molar-refractivity contribution in [3.63, 3.8) is 0 Å². The third kappa shape index (κ3) is 6.73. The smallest absolute Gasteiger partial charge is 0.287 e. The van der Waals surface area contributed by atoms with E-state index in [-0.39, 0.29) is 17.7 Å². The molecular formula is C25H36N2O5. The molecular weight excluding hydrogens is 408 g/mol. The van der Waals surface area contributed by atoms with Crippen molar-refractivity contribution in [1.29, 1.82) is 0 Å². The van der Waals surface area contributed by atoms with Crippen LogP contribution in [0.1, 0.15) is 81.2 Å². The lowest BCUT2D eigenvalue weighted by Crippen LogP contribution is -2.51. The first kappa shape index (κ1) is 24.1. The summed E-state index contributed by atoms with van der Waals surface area (Å²) < 4.78 is 10.9. The van der Waals surface area contributed by atoms with Gasteiger partial charge in [0.05, 0.1) is 13.7 Å². The molecule has 1 aliphatic carbocycles. The van der Waals surface area contributed by atoms with E-state index in [1.807, 2.05) is 12.1 Å². The number of fused-ring (bicyclic) bond motifs is 1. The van der Waals surface area contributed by atoms with Gasteiger partial charge in [0.1, 0.15) is 6.04 Å². The van der Waals surface area contributed by atoms with E-state index in [9.17, 15) is 14.7 Å². The average molecular weight is 445 g/mol. The summed E-state index contributed by atoms with van der Waals surface area (Å²) in [5, 5.41) is 16.2. The van der Waals surface area contributed by atoms with E-state index in [0.717, 1.165) is 31.1 Å². The molecule has 1 heterocycles. The lowest BCUT2D eigenvalue weighted by atomic mass is 9.97. The highest BCUT2D eigenvalue weighted by Crippen LogP contribution is 2.28. The number of rotatable bonds is 6. The number of carbonyl (C=O) groups is 2. The van der Waals surface area contributed by atoms with Crippen LogP contribution in [0.25, 0.3) is 11.0 Å². The lowest BCUT2D eigenvalue weighted by Gasteiger charge is -2.23. The second-order valence-corrected chi connectivity index (χ2v) is 8.66. The van der Waals surface area contributed by atoms with Crippen LogP contribution in [-0.2, 0) is 4.79 Å². The minimum atomic E-state index is -1.03. The van der Waals surface area contributed by atoms with Crippen LogP contribution in [0.4, 0.5) is 0 Å². The number of benzene rings is 1. The van der Waals surface area contributed by atoms with E-state index in [2.05, 4.69) is 10.6 Å². The topological polar surface area (TPSA) is 101 Å². The number of aliphatic hydroxyl groups excluding tert-OH is 1. The van der Waals surface area contributed by atoms with E-state index >= 15 is 0 Å². The quantitative estimate of drug-likeness (QED) is 0.616. The molecule has 0 radical (unpaired) electrons. The number of amides is 2. The number of carbonyl (C=O) groups excluding carboxylic acids is 2. The predicted molar refractivity (Wildman–Crippen MR) is 124 cm³/mol. The molecule has 7 heteroatoms. The van der Waals surface area contributed by atoms with Gasteiger partial charge in [-0.2, -0.15) is 0 Å². The largest absolute Gasteiger partial charge is 0.493 e. The molecule has 2 aromatic rings. The molecule has 0 bridgehead atoms. The third-order valence-corrected chi connectivity index (χ3v) is 6.21. The Labute approximate surface area is 189 Å². The van der Waals surface area contributed by atoms with Gasteiger partial charge in [-0.25, -0.2) is 0 Å². The fourth-order valence-corrected chi connectivity index (χ4v) is 4.34. The lowest BCUT2D eigenvalue weighted by molar-refractivity contribution is -0.124. The van der Waals surface area contributed by atoms with Crippen LogP contribution >= 0.6 is 0 Å². The average Bonchev–Trinajstić information content (AvgIpc) is 3.23. The molecule has 0 aliphatic heterocycles. The van der Waals surface area contributed by atoms with Gasteiger partial charge in [0.15, 0.2) is 17.1 Å². The van der Waals surface area contributed by atoms with Crippen molar-refractivity contribution in [1.82, 2.24) is 10.6 Å². The summed E-state index contributed by atoms with van der Waals surface area (Å²) in [5.74, 6) is -0.301. The molecule has 1 aromatic carbocycles. The van der Waals surface area contributed by atoms with E-state index in [4.69, 9.17) is 9.15 Å². The van der Waals surface area contributed by atoms with Crippen LogP contribution in [-0.4, -0.2) is 42.7 Å². The van der Waals surface area contributed by atoms with Crippen LogP contribution in [0, 0.1) is 0 Å². The molecule has 176 valence electrons. The van der Waals surface area contributed by atoms with Crippen LogP contribution in [0.2, 0.25) is 0 Å². The van der Waals surface area contributed by atoms with E-state index in [1.54, 1.807) is 12.1 Å². The first-order valence-corrected chi connectivity index (χ1v) is 11.9. The van der Waals surface area contributed by atoms with Gasteiger partial charge in [-0.1, -0.05) is 69.9 Å². The number of ether oxygens (including phenoxy) is 1. The molecule has 1 fully saturated rings. The first-order chi connectivity index (χ1) is 15.6. The summed E-state index contributed by atoms with van der Waals surface area (Å²) in [6.45, 7) is -0.478. The number of aliphatic hydroxyl groups is 1. The summed E-state index contributed by atoms with van der Waals surface area (Å²) in [5.41, 5.74) is 0.471. The number of nitrogens with one attached hydrogen (secondary N) is 2. The minimum Gasteiger partial charge on any atom is -0.493 e. The van der Waals surface area contributed by atoms with Gasteiger partial charge >= 0.3 is 0 Å². The number of hydrogen-bond acceptors (Lipinski definition) is 5. The maximum atomic E-state index is 12.8. The molecule has 1 atom stereocenters. The molecule has 3 rings (SSSR count). The highest BCUT2D eigenvalue weighted by molar-refractivity contribution is 5.99. The van der Waals surface area contributed by atoms with Crippen molar-refractivity contribution in [2.24, 2.45) is 0 Å². The summed E-state index contributed by atoms with van der Waals surface area (Å²) >= 11 is 0. The van der Waals surface area contributed by atoms with E-state index in [1.165, 1.54) is 52.1 Å². The highest BCUT2D eigenvalue weighted by atomic mass is 16.5. The molecule has 7 nitrogen and oxygen atoms in total. The van der Waals surface area contributed by atoms with Crippen LogP contribution in [0.15, 0.2) is 28.7 Å². The normalized spacial score (nSPS) is 17.7. The van der Waals surface area contributed by atoms with Crippen molar-refractivity contribution < 1.29 is 23.8 Å². The van der Waals surface area contributed by atoms with Crippen molar-refractivity contribution in [2.45, 2.75) is 82.7 Å². The second kappa shape index (κ2) is 12.5. The molecule has 1 aliphatic rings. The zero-order valence-corrected chi connectivity index (χ0v) is 19.0. The Morgan fingerprint density at radius 2 is 1.69 bits per heavy atom. The Balaban J connectivity index is 1.59. The monoisotopic (exact) mass is 444 g/mol. The number of furan rings is 1. The van der Waals surface area contributed by atoms with Crippen LogP contribution < -0.4 is 15.4 Å². The molecule has 32 heavy (non-hydrogen) atoms. The number of hydrogen-bond donors (Lipinski definition) is 3. The number of para-hydroxylation sites is 1. The Kier molecular flexibility index (Phi) is 9.41. The van der Waals surface area contributed by atoms with Gasteiger partial charge < -0.3 is 24.9 Å². The molecule has 3 N–H and O–H groups in total. The fourth-order valence-electron chi connectivity index (χ4n) is 4.34. The summed E-state index contributed by atoms with van der Waals surface area (Å²) in [7, 11) is 1.53. The summed E-state index contributed by atoms with van der Waals surface area (Å²) in [6, 6.07) is 6.03. The second-order valence-electron chi connectivity index (χ2n) is 8.66. The summed E-state index contributed by atoms with van der Waals surface area (Å²) in [4.78, 5) is 25.5. The van der Waals surface area contributed by atoms with Crippen LogP contribution in [0.5, 0.6) is 5.75 Å². The predicted octanol–water partition coefficient (Wildman–Crippen LogP) is 4.32. The SMILES string of the molecule is COc1cccc2cc(C(=O)N[C@@H](CO)C(=O)NC3CCCCCCCCCCC3)oc12. The van der Waals surface area contributed by atoms with Gasteiger partial charge in [-0.05, 0) is 25.0 Å². The molecule has 1 saturated carbocycles. The maximum absolute atomic E-state index is 12.8. The minimum absolute atomic E-state index is 0.0711. The number of methoxy groups -OCH3 is 1. The van der Waals surface area contributed by atoms with Gasteiger partial charge in [0.2, 0.25) is 5.91 Å². The fraction of sp³-hybridized carbons (Fsp3) is 0.600.